The smallest absolute Gasteiger partial charge is 0.326 e. The van der Waals surface area contributed by atoms with Crippen LogP contribution in [0.3, 0.4) is 0 Å². The fourth-order valence-electron chi connectivity index (χ4n) is 1.49. The maximum absolute atomic E-state index is 11.4. The lowest BCUT2D eigenvalue weighted by Crippen LogP contribution is -2.47. The third-order valence-electron chi connectivity index (χ3n) is 2.50. The van der Waals surface area contributed by atoms with Crippen molar-refractivity contribution in [3.63, 3.8) is 0 Å². The van der Waals surface area contributed by atoms with Gasteiger partial charge in [-0.3, -0.25) is 4.79 Å². The minimum atomic E-state index is -1.28. The highest BCUT2D eigenvalue weighted by Gasteiger charge is 2.21. The van der Waals surface area contributed by atoms with Gasteiger partial charge in [-0.1, -0.05) is 26.7 Å². The van der Waals surface area contributed by atoms with E-state index in [1.165, 1.54) is 0 Å². The number of nitrogens with two attached hydrogens (primary N) is 1. The molecular weight excluding hydrogens is 250 g/mol. The van der Waals surface area contributed by atoms with Crippen molar-refractivity contribution in [2.75, 3.05) is 6.54 Å². The summed E-state index contributed by atoms with van der Waals surface area (Å²) in [7, 11) is 0. The highest BCUT2D eigenvalue weighted by Crippen LogP contribution is 2.04. The van der Waals surface area contributed by atoms with E-state index in [9.17, 15) is 14.4 Å². The van der Waals surface area contributed by atoms with Crippen LogP contribution >= 0.6 is 0 Å². The number of hydrogen-bond acceptors (Lipinski definition) is 3. The van der Waals surface area contributed by atoms with E-state index in [0.717, 1.165) is 19.3 Å². The normalized spacial score (nSPS) is 11.9. The van der Waals surface area contributed by atoms with Gasteiger partial charge in [0.05, 0.1) is 6.42 Å². The average molecular weight is 273 g/mol. The zero-order valence-corrected chi connectivity index (χ0v) is 11.4. The first-order valence-electron chi connectivity index (χ1n) is 6.38. The standard InChI is InChI=1S/C12H23N3O4/c1-8(2)5-3-4-6-14-12(19)15-9(11(17)18)7-10(13)16/h8-9H,3-7H2,1-2H3,(H2,13,16)(H,17,18)(H2,14,15,19). The Morgan fingerprint density at radius 2 is 1.84 bits per heavy atom. The Morgan fingerprint density at radius 1 is 1.21 bits per heavy atom. The molecule has 0 saturated heterocycles. The van der Waals surface area contributed by atoms with Crippen LogP contribution in [0.2, 0.25) is 0 Å². The van der Waals surface area contributed by atoms with Gasteiger partial charge < -0.3 is 21.5 Å². The molecule has 7 heteroatoms. The van der Waals surface area contributed by atoms with Crippen LogP contribution in [-0.2, 0) is 9.59 Å². The summed E-state index contributed by atoms with van der Waals surface area (Å²) in [5, 5.41) is 13.5. The topological polar surface area (TPSA) is 122 Å². The number of amides is 3. The summed E-state index contributed by atoms with van der Waals surface area (Å²) in [6.07, 6.45) is 2.50. The SMILES string of the molecule is CC(C)CCCCNC(=O)NC(CC(N)=O)C(=O)O. The second kappa shape index (κ2) is 9.18. The molecule has 0 aromatic heterocycles. The summed E-state index contributed by atoms with van der Waals surface area (Å²) < 4.78 is 0. The third-order valence-corrected chi connectivity index (χ3v) is 2.50. The van der Waals surface area contributed by atoms with Gasteiger partial charge in [0.2, 0.25) is 5.91 Å². The number of carbonyl (C=O) groups is 3. The van der Waals surface area contributed by atoms with Crippen LogP contribution in [0.25, 0.3) is 0 Å². The van der Waals surface area contributed by atoms with Gasteiger partial charge in [-0.2, -0.15) is 0 Å². The number of urea groups is 1. The van der Waals surface area contributed by atoms with Crippen molar-refractivity contribution in [1.29, 1.82) is 0 Å². The fraction of sp³-hybridized carbons (Fsp3) is 0.750. The van der Waals surface area contributed by atoms with E-state index in [-0.39, 0.29) is 0 Å². The van der Waals surface area contributed by atoms with Crippen molar-refractivity contribution < 1.29 is 19.5 Å². The van der Waals surface area contributed by atoms with Crippen molar-refractivity contribution in [1.82, 2.24) is 10.6 Å². The molecule has 0 spiro atoms. The molecule has 0 aromatic carbocycles. The predicted molar refractivity (Wildman–Crippen MR) is 70.5 cm³/mol. The highest BCUT2D eigenvalue weighted by atomic mass is 16.4. The summed E-state index contributed by atoms with van der Waals surface area (Å²) in [5.41, 5.74) is 4.90. The van der Waals surface area contributed by atoms with E-state index in [1.54, 1.807) is 0 Å². The molecule has 0 aliphatic heterocycles. The van der Waals surface area contributed by atoms with E-state index >= 15 is 0 Å². The van der Waals surface area contributed by atoms with Gasteiger partial charge in [0.1, 0.15) is 6.04 Å². The van der Waals surface area contributed by atoms with Gasteiger partial charge in [0.15, 0.2) is 0 Å². The molecule has 0 aromatic rings. The van der Waals surface area contributed by atoms with Gasteiger partial charge in [0.25, 0.3) is 0 Å². The number of nitrogens with one attached hydrogen (secondary N) is 2. The van der Waals surface area contributed by atoms with Gasteiger partial charge in [-0.05, 0) is 12.3 Å². The molecule has 5 N–H and O–H groups in total. The third kappa shape index (κ3) is 9.87. The van der Waals surface area contributed by atoms with Crippen LogP contribution in [0.15, 0.2) is 0 Å². The first-order valence-corrected chi connectivity index (χ1v) is 6.38. The largest absolute Gasteiger partial charge is 0.480 e. The highest BCUT2D eigenvalue weighted by molar-refractivity contribution is 5.87. The Morgan fingerprint density at radius 3 is 2.32 bits per heavy atom. The number of carboxylic acid groups (broad SMARTS) is 1. The Kier molecular flexibility index (Phi) is 8.32. The van der Waals surface area contributed by atoms with Crippen molar-refractivity contribution >= 4 is 17.9 Å². The average Bonchev–Trinajstić information content (AvgIpc) is 2.26. The van der Waals surface area contributed by atoms with Crippen LogP contribution in [-0.4, -0.2) is 35.6 Å². The predicted octanol–water partition coefficient (Wildman–Crippen LogP) is 0.441. The molecular formula is C12H23N3O4. The molecule has 0 saturated carbocycles. The number of unbranched alkanes of at least 4 members (excludes halogenated alkanes) is 1. The maximum atomic E-state index is 11.4. The summed E-state index contributed by atoms with van der Waals surface area (Å²) in [6, 6.07) is -1.88. The summed E-state index contributed by atoms with van der Waals surface area (Å²) in [6.45, 7) is 4.73. The molecule has 110 valence electrons. The van der Waals surface area contributed by atoms with Crippen molar-refractivity contribution in [2.45, 2.75) is 45.6 Å². The Balaban J connectivity index is 3.87. The van der Waals surface area contributed by atoms with E-state index in [4.69, 9.17) is 10.8 Å². The second-order valence-corrected chi connectivity index (χ2v) is 4.85. The summed E-state index contributed by atoms with van der Waals surface area (Å²) in [5.74, 6) is -1.43. The minimum absolute atomic E-state index is 0.421. The maximum Gasteiger partial charge on any atom is 0.326 e. The van der Waals surface area contributed by atoms with Gasteiger partial charge in [0, 0.05) is 6.54 Å². The van der Waals surface area contributed by atoms with Crippen molar-refractivity contribution in [3.8, 4) is 0 Å². The van der Waals surface area contributed by atoms with Gasteiger partial charge >= 0.3 is 12.0 Å². The molecule has 1 unspecified atom stereocenters. The molecule has 3 amide bonds. The Hall–Kier alpha value is -1.79. The number of rotatable bonds is 9. The minimum Gasteiger partial charge on any atom is -0.480 e. The number of carbonyl (C=O) groups excluding carboxylic acids is 2. The van der Waals surface area contributed by atoms with Crippen molar-refractivity contribution in [2.24, 2.45) is 11.7 Å². The van der Waals surface area contributed by atoms with Crippen LogP contribution in [0.1, 0.15) is 39.5 Å². The number of carboxylic acids is 1. The van der Waals surface area contributed by atoms with E-state index in [1.807, 2.05) is 0 Å². The van der Waals surface area contributed by atoms with Crippen LogP contribution < -0.4 is 16.4 Å². The zero-order valence-electron chi connectivity index (χ0n) is 11.4. The van der Waals surface area contributed by atoms with Gasteiger partial charge in [-0.15, -0.1) is 0 Å². The quantitative estimate of drug-likeness (QED) is 0.455. The molecule has 0 bridgehead atoms. The molecule has 0 aliphatic rings. The molecule has 19 heavy (non-hydrogen) atoms. The number of hydrogen-bond donors (Lipinski definition) is 4. The lowest BCUT2D eigenvalue weighted by Gasteiger charge is -2.13. The van der Waals surface area contributed by atoms with Crippen LogP contribution in [0.4, 0.5) is 4.79 Å². The van der Waals surface area contributed by atoms with Crippen LogP contribution in [0.5, 0.6) is 0 Å². The Bertz CT molecular complexity index is 318. The summed E-state index contributed by atoms with van der Waals surface area (Å²) in [4.78, 5) is 32.8. The molecule has 0 aliphatic carbocycles. The lowest BCUT2D eigenvalue weighted by molar-refractivity contribution is -0.140. The molecule has 1 atom stereocenters. The second-order valence-electron chi connectivity index (χ2n) is 4.85. The molecule has 7 nitrogen and oxygen atoms in total. The molecule has 0 rings (SSSR count). The van der Waals surface area contributed by atoms with Crippen molar-refractivity contribution in [3.05, 3.63) is 0 Å². The zero-order chi connectivity index (χ0) is 14.8. The summed E-state index contributed by atoms with van der Waals surface area (Å²) >= 11 is 0. The van der Waals surface area contributed by atoms with E-state index in [2.05, 4.69) is 24.5 Å². The monoisotopic (exact) mass is 273 g/mol. The van der Waals surface area contributed by atoms with E-state index in [0.29, 0.717) is 12.5 Å². The molecule has 0 radical (unpaired) electrons. The van der Waals surface area contributed by atoms with Gasteiger partial charge in [-0.25, -0.2) is 9.59 Å². The number of aliphatic carboxylic acids is 1. The van der Waals surface area contributed by atoms with Crippen LogP contribution in [0, 0.1) is 5.92 Å². The first kappa shape index (κ1) is 17.2. The molecule has 0 heterocycles. The fourth-order valence-corrected chi connectivity index (χ4v) is 1.49. The van der Waals surface area contributed by atoms with E-state index < -0.39 is 30.4 Å². The Labute approximate surface area is 112 Å². The lowest BCUT2D eigenvalue weighted by atomic mass is 10.1. The first-order chi connectivity index (χ1) is 8.82. The number of primary amides is 1. The molecule has 0 fully saturated rings.